The maximum atomic E-state index is 5.33. The third-order valence-corrected chi connectivity index (χ3v) is 3.58. The van der Waals surface area contributed by atoms with Crippen LogP contribution in [0, 0.1) is 0 Å². The van der Waals surface area contributed by atoms with E-state index in [1.54, 1.807) is 7.11 Å². The van der Waals surface area contributed by atoms with E-state index < -0.39 is 0 Å². The van der Waals surface area contributed by atoms with Crippen LogP contribution in [0.1, 0.15) is 25.4 Å². The van der Waals surface area contributed by atoms with Crippen LogP contribution in [0.5, 0.6) is 5.75 Å². The summed E-state index contributed by atoms with van der Waals surface area (Å²) in [6.07, 6.45) is 3.97. The summed E-state index contributed by atoms with van der Waals surface area (Å²) in [4.78, 5) is 4.61. The van der Waals surface area contributed by atoms with Crippen molar-refractivity contribution in [2.45, 2.75) is 26.7 Å². The zero-order chi connectivity index (χ0) is 13.1. The third-order valence-electron chi connectivity index (χ3n) is 2.92. The van der Waals surface area contributed by atoms with Crippen molar-refractivity contribution in [2.75, 3.05) is 7.11 Å². The molecule has 0 saturated heterocycles. The van der Waals surface area contributed by atoms with E-state index in [1.165, 1.54) is 0 Å². The molecule has 18 heavy (non-hydrogen) atoms. The summed E-state index contributed by atoms with van der Waals surface area (Å²) in [5.41, 5.74) is 2.20. The zero-order valence-corrected chi connectivity index (χ0v) is 12.5. The number of nitrogens with zero attached hydrogens (tertiary/aromatic N) is 2. The Labute approximate surface area is 116 Å². The van der Waals surface area contributed by atoms with E-state index in [2.05, 4.69) is 51.6 Å². The summed E-state index contributed by atoms with van der Waals surface area (Å²) < 4.78 is 8.43. The van der Waals surface area contributed by atoms with Crippen LogP contribution in [0.15, 0.2) is 28.9 Å². The zero-order valence-electron chi connectivity index (χ0n) is 10.9. The van der Waals surface area contributed by atoms with Gasteiger partial charge < -0.3 is 9.30 Å². The molecule has 0 atom stereocenters. The number of benzene rings is 1. The first-order valence-electron chi connectivity index (χ1n) is 6.10. The second-order valence-corrected chi connectivity index (χ2v) is 4.90. The number of aromatic nitrogens is 2. The minimum absolute atomic E-state index is 0.835. The molecule has 0 saturated carbocycles. The number of methoxy groups -OCH3 is 1. The van der Waals surface area contributed by atoms with Gasteiger partial charge in [0.25, 0.3) is 0 Å². The van der Waals surface area contributed by atoms with E-state index in [1.807, 2.05) is 12.1 Å². The summed E-state index contributed by atoms with van der Waals surface area (Å²) in [7, 11) is 1.68. The number of halogens is 1. The number of hydrogen-bond donors (Lipinski definition) is 0. The Morgan fingerprint density at radius 3 is 2.67 bits per heavy atom. The van der Waals surface area contributed by atoms with Crippen molar-refractivity contribution in [3.05, 3.63) is 40.4 Å². The second-order valence-electron chi connectivity index (χ2n) is 4.04. The van der Waals surface area contributed by atoms with Crippen molar-refractivity contribution in [1.29, 1.82) is 0 Å². The van der Waals surface area contributed by atoms with Gasteiger partial charge in [-0.15, -0.1) is 0 Å². The molecule has 0 N–H and O–H groups in total. The lowest BCUT2D eigenvalue weighted by Crippen LogP contribution is -1.99. The van der Waals surface area contributed by atoms with Crippen LogP contribution >= 0.6 is 15.9 Å². The molecule has 0 aliphatic carbocycles. The van der Waals surface area contributed by atoms with Crippen LogP contribution in [0.3, 0.4) is 0 Å². The van der Waals surface area contributed by atoms with E-state index in [-0.39, 0.29) is 0 Å². The minimum Gasteiger partial charge on any atom is -0.495 e. The summed E-state index contributed by atoms with van der Waals surface area (Å²) in [5.74, 6) is 1.91. The van der Waals surface area contributed by atoms with Crippen LogP contribution < -0.4 is 4.74 Å². The average Bonchev–Trinajstić information content (AvgIpc) is 2.82. The van der Waals surface area contributed by atoms with Crippen molar-refractivity contribution in [3.8, 4) is 11.4 Å². The fraction of sp³-hybridized carbons (Fsp3) is 0.357. The second kappa shape index (κ2) is 5.57. The van der Waals surface area contributed by atoms with E-state index >= 15 is 0 Å². The smallest absolute Gasteiger partial charge is 0.135 e. The van der Waals surface area contributed by atoms with Gasteiger partial charge in [0.1, 0.15) is 11.6 Å². The molecule has 1 aromatic carbocycles. The molecule has 2 aromatic rings. The molecule has 4 heteroatoms. The van der Waals surface area contributed by atoms with Gasteiger partial charge >= 0.3 is 0 Å². The van der Waals surface area contributed by atoms with E-state index in [0.29, 0.717) is 0 Å². The van der Waals surface area contributed by atoms with Gasteiger partial charge in [0.15, 0.2) is 0 Å². The normalized spacial score (nSPS) is 10.7. The largest absolute Gasteiger partial charge is 0.495 e. The van der Waals surface area contributed by atoms with Gasteiger partial charge in [0, 0.05) is 18.7 Å². The Morgan fingerprint density at radius 1 is 1.28 bits per heavy atom. The maximum Gasteiger partial charge on any atom is 0.135 e. The third kappa shape index (κ3) is 2.43. The first-order valence-corrected chi connectivity index (χ1v) is 6.90. The van der Waals surface area contributed by atoms with Crippen LogP contribution in [0.25, 0.3) is 5.69 Å². The molecule has 0 aliphatic rings. The molecule has 1 aromatic heterocycles. The molecule has 0 spiro atoms. The summed E-state index contributed by atoms with van der Waals surface area (Å²) >= 11 is 3.47. The highest BCUT2D eigenvalue weighted by Crippen LogP contribution is 2.28. The van der Waals surface area contributed by atoms with Crippen molar-refractivity contribution >= 4 is 15.9 Å². The summed E-state index contributed by atoms with van der Waals surface area (Å²) in [6.45, 7) is 4.24. The Hall–Kier alpha value is -1.29. The fourth-order valence-electron chi connectivity index (χ4n) is 1.91. The van der Waals surface area contributed by atoms with Crippen LogP contribution in [0.4, 0.5) is 0 Å². The van der Waals surface area contributed by atoms with Crippen LogP contribution in [-0.4, -0.2) is 16.7 Å². The molecule has 0 radical (unpaired) electrons. The van der Waals surface area contributed by atoms with Gasteiger partial charge in [-0.25, -0.2) is 4.98 Å². The van der Waals surface area contributed by atoms with Crippen LogP contribution in [-0.2, 0) is 12.8 Å². The molecule has 3 nitrogen and oxygen atoms in total. The number of aryl methyl sites for hydroxylation is 2. The van der Waals surface area contributed by atoms with Crippen molar-refractivity contribution in [2.24, 2.45) is 0 Å². The molecule has 0 bridgehead atoms. The van der Waals surface area contributed by atoms with Gasteiger partial charge in [0.05, 0.1) is 23.0 Å². The Morgan fingerprint density at radius 2 is 2.06 bits per heavy atom. The molecule has 0 amide bonds. The molecular formula is C14H17BrN2O. The maximum absolute atomic E-state index is 5.33. The number of rotatable bonds is 4. The SMILES string of the molecule is CCc1cn(-c2ccc(Br)c(OC)c2)c(CC)n1. The average molecular weight is 309 g/mol. The summed E-state index contributed by atoms with van der Waals surface area (Å²) in [6, 6.07) is 6.08. The molecule has 2 rings (SSSR count). The van der Waals surface area contributed by atoms with Gasteiger partial charge in [-0.2, -0.15) is 0 Å². The number of ether oxygens (including phenoxy) is 1. The van der Waals surface area contributed by atoms with Crippen molar-refractivity contribution < 1.29 is 4.74 Å². The monoisotopic (exact) mass is 308 g/mol. The van der Waals surface area contributed by atoms with Gasteiger partial charge in [-0.3, -0.25) is 0 Å². The van der Waals surface area contributed by atoms with Gasteiger partial charge in [-0.1, -0.05) is 13.8 Å². The summed E-state index contributed by atoms with van der Waals surface area (Å²) in [5, 5.41) is 0. The highest BCUT2D eigenvalue weighted by molar-refractivity contribution is 9.10. The molecule has 0 unspecified atom stereocenters. The number of hydrogen-bond acceptors (Lipinski definition) is 2. The molecule has 1 heterocycles. The van der Waals surface area contributed by atoms with Gasteiger partial charge in [-0.05, 0) is 34.5 Å². The molecule has 0 fully saturated rings. The molecular weight excluding hydrogens is 292 g/mol. The Kier molecular flexibility index (Phi) is 4.07. The lowest BCUT2D eigenvalue weighted by molar-refractivity contribution is 0.412. The first-order chi connectivity index (χ1) is 8.69. The van der Waals surface area contributed by atoms with Crippen molar-refractivity contribution in [1.82, 2.24) is 9.55 Å². The first kappa shape index (κ1) is 13.1. The van der Waals surface area contributed by atoms with Crippen molar-refractivity contribution in [3.63, 3.8) is 0 Å². The van der Waals surface area contributed by atoms with Gasteiger partial charge in [0.2, 0.25) is 0 Å². The minimum atomic E-state index is 0.835. The quantitative estimate of drug-likeness (QED) is 0.859. The molecule has 0 aliphatic heterocycles. The van der Waals surface area contributed by atoms with E-state index in [0.717, 1.165) is 40.3 Å². The standard InChI is InChI=1S/C14H17BrN2O/c1-4-10-9-17(14(5-2)16-10)11-6-7-12(15)13(8-11)18-3/h6-9H,4-5H2,1-3H3. The lowest BCUT2D eigenvalue weighted by atomic mass is 10.3. The predicted octanol–water partition coefficient (Wildman–Crippen LogP) is 3.77. The fourth-order valence-corrected chi connectivity index (χ4v) is 2.32. The number of imidazole rings is 1. The lowest BCUT2D eigenvalue weighted by Gasteiger charge is -2.09. The predicted molar refractivity (Wildman–Crippen MR) is 76.6 cm³/mol. The van der Waals surface area contributed by atoms with E-state index in [9.17, 15) is 0 Å². The Balaban J connectivity index is 2.50. The van der Waals surface area contributed by atoms with Crippen LogP contribution in [0.2, 0.25) is 0 Å². The highest BCUT2D eigenvalue weighted by Gasteiger charge is 2.09. The molecule has 96 valence electrons. The Bertz CT molecular complexity index is 549. The topological polar surface area (TPSA) is 27.1 Å². The van der Waals surface area contributed by atoms with E-state index in [4.69, 9.17) is 4.74 Å². The highest BCUT2D eigenvalue weighted by atomic mass is 79.9.